The average molecular weight is 218 g/mol. The minimum atomic E-state index is -0.666. The molecule has 0 aliphatic heterocycles. The molecule has 0 aromatic rings. The van der Waals surface area contributed by atoms with Gasteiger partial charge in [0.15, 0.2) is 0 Å². The van der Waals surface area contributed by atoms with Gasteiger partial charge >= 0.3 is 5.97 Å². The molecule has 0 heterocycles. The molecule has 0 bridgehead atoms. The maximum absolute atomic E-state index is 11.3. The summed E-state index contributed by atoms with van der Waals surface area (Å²) in [5.74, 6) is -0.311. The van der Waals surface area contributed by atoms with Crippen molar-refractivity contribution < 1.29 is 14.1 Å². The van der Waals surface area contributed by atoms with Crippen LogP contribution in [0.5, 0.6) is 0 Å². The Morgan fingerprint density at radius 2 is 2.14 bits per heavy atom. The van der Waals surface area contributed by atoms with Gasteiger partial charge in [-0.3, -0.25) is 9.36 Å². The Morgan fingerprint density at radius 3 is 2.57 bits per heavy atom. The van der Waals surface area contributed by atoms with Gasteiger partial charge in [0, 0.05) is 0 Å². The van der Waals surface area contributed by atoms with Crippen molar-refractivity contribution in [2.75, 3.05) is 0 Å². The van der Waals surface area contributed by atoms with E-state index in [1.54, 1.807) is 6.92 Å². The summed E-state index contributed by atoms with van der Waals surface area (Å²) < 4.78 is 15.4. The van der Waals surface area contributed by atoms with Gasteiger partial charge in [0.25, 0.3) is 0 Å². The van der Waals surface area contributed by atoms with Crippen LogP contribution in [0.25, 0.3) is 0 Å². The van der Waals surface area contributed by atoms with E-state index in [4.69, 9.17) is 4.74 Å². The fourth-order valence-corrected chi connectivity index (χ4v) is 1.96. The molecule has 0 amide bonds. The first-order valence-corrected chi connectivity index (χ1v) is 5.68. The van der Waals surface area contributed by atoms with Crippen molar-refractivity contribution in [2.24, 2.45) is 5.41 Å². The van der Waals surface area contributed by atoms with Crippen LogP contribution in [0.1, 0.15) is 33.6 Å². The molecule has 5 heteroatoms. The molecule has 1 radical (unpaired) electrons. The SMILES string of the molecule is C[C@H](N[PH]=O)C(=O)OC1CC(C)(C)C1. The smallest absolute Gasteiger partial charge is 0.323 e. The molecule has 14 heavy (non-hydrogen) atoms. The van der Waals surface area contributed by atoms with Gasteiger partial charge in [-0.1, -0.05) is 13.8 Å². The maximum atomic E-state index is 11.3. The Balaban J connectivity index is 2.25. The van der Waals surface area contributed by atoms with Gasteiger partial charge in [0.2, 0.25) is 0 Å². The first-order chi connectivity index (χ1) is 6.44. The third-order valence-corrected chi connectivity index (χ3v) is 3.02. The molecule has 4 nitrogen and oxygen atoms in total. The summed E-state index contributed by atoms with van der Waals surface area (Å²) in [6.07, 6.45) is 1.90. The summed E-state index contributed by atoms with van der Waals surface area (Å²) in [5, 5.41) is 2.52. The molecular formula is C9H17NO3P. The summed E-state index contributed by atoms with van der Waals surface area (Å²) in [6.45, 7) is 5.95. The summed E-state index contributed by atoms with van der Waals surface area (Å²) in [5.41, 5.74) is 0.307. The van der Waals surface area contributed by atoms with E-state index in [0.29, 0.717) is 5.41 Å². The molecule has 0 spiro atoms. The number of hydrogen-bond donors (Lipinski definition) is 1. The van der Waals surface area contributed by atoms with Crippen molar-refractivity contribution in [1.29, 1.82) is 0 Å². The first kappa shape index (κ1) is 11.6. The number of carbonyl (C=O) groups excluding carboxylic acids is 1. The van der Waals surface area contributed by atoms with Crippen LogP contribution in [0.2, 0.25) is 0 Å². The lowest BCUT2D eigenvalue weighted by molar-refractivity contribution is -0.160. The fraction of sp³-hybridized carbons (Fsp3) is 0.889. The van der Waals surface area contributed by atoms with Crippen molar-refractivity contribution >= 4 is 14.6 Å². The summed E-state index contributed by atoms with van der Waals surface area (Å²) in [4.78, 5) is 11.3. The van der Waals surface area contributed by atoms with E-state index >= 15 is 0 Å². The third-order valence-electron chi connectivity index (χ3n) is 2.47. The molecule has 2 atom stereocenters. The second kappa shape index (κ2) is 4.37. The Hall–Kier alpha value is -0.470. The van der Waals surface area contributed by atoms with Gasteiger partial charge in [0.05, 0.1) is 0 Å². The van der Waals surface area contributed by atoms with Crippen molar-refractivity contribution in [3.63, 3.8) is 0 Å². The number of rotatable bonds is 4. The number of esters is 1. The van der Waals surface area contributed by atoms with Crippen molar-refractivity contribution in [1.82, 2.24) is 5.09 Å². The van der Waals surface area contributed by atoms with Crippen molar-refractivity contribution in [3.8, 4) is 0 Å². The molecule has 1 N–H and O–H groups in total. The topological polar surface area (TPSA) is 55.4 Å². The monoisotopic (exact) mass is 218 g/mol. The Labute approximate surface area is 85.7 Å². The Morgan fingerprint density at radius 1 is 1.57 bits per heavy atom. The zero-order chi connectivity index (χ0) is 10.8. The van der Waals surface area contributed by atoms with Gasteiger partial charge in [-0.05, 0) is 25.2 Å². The van der Waals surface area contributed by atoms with Crippen LogP contribution < -0.4 is 5.09 Å². The van der Waals surface area contributed by atoms with Crippen LogP contribution in [-0.4, -0.2) is 18.1 Å². The largest absolute Gasteiger partial charge is 0.461 e. The van der Waals surface area contributed by atoms with Crippen LogP contribution in [0.4, 0.5) is 0 Å². The van der Waals surface area contributed by atoms with Crippen LogP contribution >= 0.6 is 8.61 Å². The molecule has 0 saturated heterocycles. The Bertz CT molecular complexity index is 234. The highest BCUT2D eigenvalue weighted by atomic mass is 31.1. The molecule has 1 saturated carbocycles. The highest BCUT2D eigenvalue weighted by Crippen LogP contribution is 2.41. The second-order valence-corrected chi connectivity index (χ2v) is 5.09. The average Bonchev–Trinajstić information content (AvgIpc) is 2.01. The number of ether oxygens (including phenoxy) is 1. The van der Waals surface area contributed by atoms with Gasteiger partial charge in [-0.25, -0.2) is 5.09 Å². The zero-order valence-electron chi connectivity index (χ0n) is 8.79. The molecule has 1 aliphatic carbocycles. The van der Waals surface area contributed by atoms with E-state index in [-0.39, 0.29) is 12.1 Å². The Kier molecular flexibility index (Phi) is 3.62. The van der Waals surface area contributed by atoms with E-state index in [1.807, 2.05) is 0 Å². The maximum Gasteiger partial charge on any atom is 0.323 e. The van der Waals surface area contributed by atoms with Crippen molar-refractivity contribution in [2.45, 2.75) is 45.8 Å². The predicted molar refractivity (Wildman–Crippen MR) is 54.5 cm³/mol. The number of nitrogens with one attached hydrogen (secondary N) is 1. The van der Waals surface area contributed by atoms with Crippen LogP contribution in [0.15, 0.2) is 0 Å². The minimum absolute atomic E-state index is 0.0525. The summed E-state index contributed by atoms with van der Waals surface area (Å²) in [6, 6.07) is -0.477. The number of hydrogen-bond acceptors (Lipinski definition) is 3. The fourth-order valence-electron chi connectivity index (χ4n) is 1.67. The third kappa shape index (κ3) is 3.03. The van der Waals surface area contributed by atoms with E-state index in [0.717, 1.165) is 12.8 Å². The lowest BCUT2D eigenvalue weighted by Crippen LogP contribution is -2.42. The van der Waals surface area contributed by atoms with E-state index in [9.17, 15) is 9.36 Å². The molecule has 1 unspecified atom stereocenters. The van der Waals surface area contributed by atoms with Crippen molar-refractivity contribution in [3.05, 3.63) is 0 Å². The molecule has 0 aromatic carbocycles. The van der Waals surface area contributed by atoms with E-state index in [2.05, 4.69) is 18.9 Å². The van der Waals surface area contributed by atoms with E-state index in [1.165, 1.54) is 0 Å². The van der Waals surface area contributed by atoms with Crippen LogP contribution in [-0.2, 0) is 14.1 Å². The summed E-state index contributed by atoms with van der Waals surface area (Å²) in [7, 11) is -0.666. The number of carbonyl (C=O) groups is 1. The van der Waals surface area contributed by atoms with Gasteiger partial charge in [-0.15, -0.1) is 0 Å². The summed E-state index contributed by atoms with van der Waals surface area (Å²) >= 11 is 0. The quantitative estimate of drug-likeness (QED) is 0.575. The second-order valence-electron chi connectivity index (χ2n) is 4.60. The standard InChI is InChI=1S/C9H17NO3P/c1-6(10-14-12)8(11)13-7-4-9(2,3)5-7/h6-7,14H,4-5H2,1-3H3,(H,10,12)/t6-/m0/s1. The van der Waals surface area contributed by atoms with E-state index < -0.39 is 14.7 Å². The molecule has 1 fully saturated rings. The minimum Gasteiger partial charge on any atom is -0.461 e. The molecule has 1 aliphatic rings. The zero-order valence-corrected chi connectivity index (χ0v) is 9.79. The first-order valence-electron chi connectivity index (χ1n) is 4.78. The highest BCUT2D eigenvalue weighted by molar-refractivity contribution is 7.21. The lowest BCUT2D eigenvalue weighted by Gasteiger charge is -2.41. The van der Waals surface area contributed by atoms with Gasteiger partial charge in [0.1, 0.15) is 20.8 Å². The molecular weight excluding hydrogens is 201 g/mol. The lowest BCUT2D eigenvalue weighted by atomic mass is 9.70. The molecule has 0 aromatic heterocycles. The van der Waals surface area contributed by atoms with Crippen LogP contribution in [0, 0.1) is 5.41 Å². The highest BCUT2D eigenvalue weighted by Gasteiger charge is 2.39. The predicted octanol–water partition coefficient (Wildman–Crippen LogP) is 1.64. The molecule has 81 valence electrons. The normalized spacial score (nSPS) is 22.8. The van der Waals surface area contributed by atoms with Crippen LogP contribution in [0.3, 0.4) is 0 Å². The van der Waals surface area contributed by atoms with Gasteiger partial charge < -0.3 is 4.74 Å². The van der Waals surface area contributed by atoms with Gasteiger partial charge in [-0.2, -0.15) is 0 Å². The molecule has 1 rings (SSSR count).